The van der Waals surface area contributed by atoms with Crippen LogP contribution in [0.4, 0.5) is 4.79 Å². The number of carbonyl (C=O) groups excluding carboxylic acids is 1. The van der Waals surface area contributed by atoms with E-state index in [0.717, 1.165) is 19.3 Å². The Balaban J connectivity index is 2.51. The van der Waals surface area contributed by atoms with Crippen molar-refractivity contribution >= 4 is 12.0 Å². The van der Waals surface area contributed by atoms with Crippen molar-refractivity contribution < 1.29 is 19.8 Å². The van der Waals surface area contributed by atoms with Gasteiger partial charge in [0.15, 0.2) is 0 Å². The van der Waals surface area contributed by atoms with Gasteiger partial charge in [-0.05, 0) is 32.1 Å². The number of hydrogen-bond acceptors (Lipinski definition) is 3. The first-order valence-electron chi connectivity index (χ1n) is 6.98. The van der Waals surface area contributed by atoms with Crippen LogP contribution in [-0.2, 0) is 4.79 Å². The minimum Gasteiger partial charge on any atom is -0.481 e. The van der Waals surface area contributed by atoms with Crippen molar-refractivity contribution in [2.45, 2.75) is 57.5 Å². The summed E-state index contributed by atoms with van der Waals surface area (Å²) < 4.78 is 0. The number of nitrogens with one attached hydrogen (secondary N) is 1. The van der Waals surface area contributed by atoms with Crippen molar-refractivity contribution in [3.05, 3.63) is 0 Å². The molecule has 1 rings (SSSR count). The number of amides is 2. The summed E-state index contributed by atoms with van der Waals surface area (Å²) in [5.41, 5.74) is 0. The second-order valence-electron chi connectivity index (χ2n) is 5.01. The lowest BCUT2D eigenvalue weighted by molar-refractivity contribution is -0.137. The van der Waals surface area contributed by atoms with E-state index in [1.807, 2.05) is 6.92 Å². The van der Waals surface area contributed by atoms with E-state index in [1.165, 1.54) is 0 Å². The molecule has 1 atom stereocenters. The van der Waals surface area contributed by atoms with Gasteiger partial charge < -0.3 is 20.4 Å². The Morgan fingerprint density at radius 2 is 2.11 bits per heavy atom. The van der Waals surface area contributed by atoms with Gasteiger partial charge in [0.2, 0.25) is 0 Å². The largest absolute Gasteiger partial charge is 0.481 e. The number of carboxylic acid groups (broad SMARTS) is 1. The molecular formula is C13H24N2O4. The Hall–Kier alpha value is -1.30. The van der Waals surface area contributed by atoms with Crippen LogP contribution in [0.2, 0.25) is 0 Å². The number of nitrogens with zero attached hydrogens (tertiary/aromatic N) is 1. The number of rotatable bonds is 8. The minimum absolute atomic E-state index is 0.0548. The maximum absolute atomic E-state index is 12.2. The Bertz CT molecular complexity index is 305. The molecule has 0 heterocycles. The molecule has 6 heteroatoms. The summed E-state index contributed by atoms with van der Waals surface area (Å²) in [7, 11) is 0. The van der Waals surface area contributed by atoms with Crippen LogP contribution in [0.3, 0.4) is 0 Å². The van der Waals surface area contributed by atoms with Gasteiger partial charge in [-0.25, -0.2) is 4.79 Å². The van der Waals surface area contributed by atoms with Gasteiger partial charge in [0.05, 0.1) is 6.42 Å². The molecule has 0 aliphatic heterocycles. The highest BCUT2D eigenvalue weighted by molar-refractivity contribution is 5.76. The van der Waals surface area contributed by atoms with Crippen molar-refractivity contribution in [1.82, 2.24) is 10.2 Å². The molecule has 1 saturated carbocycles. The first-order chi connectivity index (χ1) is 9.08. The Morgan fingerprint density at radius 1 is 1.42 bits per heavy atom. The van der Waals surface area contributed by atoms with Crippen LogP contribution in [0.25, 0.3) is 0 Å². The first kappa shape index (κ1) is 15.8. The number of carboxylic acids is 1. The minimum atomic E-state index is -0.905. The van der Waals surface area contributed by atoms with Crippen molar-refractivity contribution in [1.29, 1.82) is 0 Å². The molecular weight excluding hydrogens is 248 g/mol. The maximum Gasteiger partial charge on any atom is 0.317 e. The fraction of sp³-hybridized carbons (Fsp3) is 0.846. The normalized spacial score (nSPS) is 16.5. The molecule has 0 bridgehead atoms. The molecule has 1 aliphatic carbocycles. The van der Waals surface area contributed by atoms with Gasteiger partial charge in [-0.1, -0.05) is 6.92 Å². The lowest BCUT2D eigenvalue weighted by atomic mass is 9.91. The molecule has 0 aromatic rings. The summed E-state index contributed by atoms with van der Waals surface area (Å²) in [6.45, 7) is 2.44. The third-order valence-corrected chi connectivity index (χ3v) is 3.57. The Morgan fingerprint density at radius 3 is 2.53 bits per heavy atom. The van der Waals surface area contributed by atoms with E-state index >= 15 is 0 Å². The first-order valence-corrected chi connectivity index (χ1v) is 6.98. The van der Waals surface area contributed by atoms with Gasteiger partial charge in [-0.15, -0.1) is 0 Å². The van der Waals surface area contributed by atoms with Crippen LogP contribution in [0.1, 0.15) is 45.4 Å². The number of urea groups is 1. The SMILES string of the molecule is CCC(CC(=O)O)NC(=O)N(CCCO)C1CCC1. The van der Waals surface area contributed by atoms with Crippen LogP contribution < -0.4 is 5.32 Å². The summed E-state index contributed by atoms with van der Waals surface area (Å²) in [5.74, 6) is -0.905. The predicted octanol–water partition coefficient (Wildman–Crippen LogP) is 1.19. The molecule has 2 amide bonds. The van der Waals surface area contributed by atoms with Crippen molar-refractivity contribution in [2.24, 2.45) is 0 Å². The van der Waals surface area contributed by atoms with E-state index in [1.54, 1.807) is 4.90 Å². The van der Waals surface area contributed by atoms with E-state index in [0.29, 0.717) is 19.4 Å². The molecule has 0 radical (unpaired) electrons. The molecule has 0 aromatic carbocycles. The fourth-order valence-corrected chi connectivity index (χ4v) is 2.16. The van der Waals surface area contributed by atoms with Crippen LogP contribution in [0, 0.1) is 0 Å². The van der Waals surface area contributed by atoms with Gasteiger partial charge in [0, 0.05) is 25.2 Å². The quantitative estimate of drug-likeness (QED) is 0.619. The van der Waals surface area contributed by atoms with Crippen LogP contribution in [-0.4, -0.2) is 52.3 Å². The molecule has 19 heavy (non-hydrogen) atoms. The Labute approximate surface area is 113 Å². The van der Waals surface area contributed by atoms with Gasteiger partial charge in [0.25, 0.3) is 0 Å². The van der Waals surface area contributed by atoms with E-state index < -0.39 is 5.97 Å². The Kier molecular flexibility index (Phi) is 6.62. The number of aliphatic hydroxyl groups is 1. The standard InChI is InChI=1S/C13H24N2O4/c1-2-10(9-12(17)18)14-13(19)15(7-4-8-16)11-5-3-6-11/h10-11,16H,2-9H2,1H3,(H,14,19)(H,17,18). The van der Waals surface area contributed by atoms with Gasteiger partial charge >= 0.3 is 12.0 Å². The molecule has 1 fully saturated rings. The van der Waals surface area contributed by atoms with Gasteiger partial charge in [0.1, 0.15) is 0 Å². The van der Waals surface area contributed by atoms with Gasteiger partial charge in [-0.2, -0.15) is 0 Å². The highest BCUT2D eigenvalue weighted by atomic mass is 16.4. The molecule has 0 saturated heterocycles. The molecule has 1 unspecified atom stereocenters. The topological polar surface area (TPSA) is 89.9 Å². The fourth-order valence-electron chi connectivity index (χ4n) is 2.16. The third-order valence-electron chi connectivity index (χ3n) is 3.57. The average Bonchev–Trinajstić information content (AvgIpc) is 2.30. The second kappa shape index (κ2) is 7.99. The number of hydrogen-bond donors (Lipinski definition) is 3. The van der Waals surface area contributed by atoms with Crippen molar-refractivity contribution in [3.63, 3.8) is 0 Å². The smallest absolute Gasteiger partial charge is 0.317 e. The zero-order valence-electron chi connectivity index (χ0n) is 11.5. The predicted molar refractivity (Wildman–Crippen MR) is 70.9 cm³/mol. The van der Waals surface area contributed by atoms with E-state index in [-0.39, 0.29) is 31.1 Å². The third kappa shape index (κ3) is 5.06. The summed E-state index contributed by atoms with van der Waals surface area (Å²) in [4.78, 5) is 24.6. The molecule has 0 spiro atoms. The molecule has 6 nitrogen and oxygen atoms in total. The summed E-state index contributed by atoms with van der Waals surface area (Å²) >= 11 is 0. The van der Waals surface area contributed by atoms with Crippen LogP contribution in [0.15, 0.2) is 0 Å². The highest BCUT2D eigenvalue weighted by Gasteiger charge is 2.29. The second-order valence-corrected chi connectivity index (χ2v) is 5.01. The van der Waals surface area contributed by atoms with E-state index in [4.69, 9.17) is 10.2 Å². The molecule has 0 aromatic heterocycles. The average molecular weight is 272 g/mol. The summed E-state index contributed by atoms with van der Waals surface area (Å²) in [6, 6.07) is -0.290. The zero-order chi connectivity index (χ0) is 14.3. The van der Waals surface area contributed by atoms with Gasteiger partial charge in [-0.3, -0.25) is 4.79 Å². The summed E-state index contributed by atoms with van der Waals surface area (Å²) in [5, 5.41) is 20.4. The molecule has 1 aliphatic rings. The molecule has 3 N–H and O–H groups in total. The monoisotopic (exact) mass is 272 g/mol. The van der Waals surface area contributed by atoms with Crippen LogP contribution >= 0.6 is 0 Å². The van der Waals surface area contributed by atoms with E-state index in [9.17, 15) is 9.59 Å². The lowest BCUT2D eigenvalue weighted by Crippen LogP contribution is -2.52. The summed E-state index contributed by atoms with van der Waals surface area (Å²) in [6.07, 6.45) is 4.21. The zero-order valence-corrected chi connectivity index (χ0v) is 11.5. The van der Waals surface area contributed by atoms with Crippen LogP contribution in [0.5, 0.6) is 0 Å². The molecule has 110 valence electrons. The number of aliphatic hydroxyl groups excluding tert-OH is 1. The van der Waals surface area contributed by atoms with E-state index in [2.05, 4.69) is 5.32 Å². The number of carbonyl (C=O) groups is 2. The van der Waals surface area contributed by atoms with Crippen molar-refractivity contribution in [2.75, 3.05) is 13.2 Å². The number of aliphatic carboxylic acids is 1. The maximum atomic E-state index is 12.2. The lowest BCUT2D eigenvalue weighted by Gasteiger charge is -2.38. The highest BCUT2D eigenvalue weighted by Crippen LogP contribution is 2.25. The van der Waals surface area contributed by atoms with Crippen molar-refractivity contribution in [3.8, 4) is 0 Å².